The molecule has 1 aromatic heterocycles. The van der Waals surface area contributed by atoms with Crippen molar-refractivity contribution in [3.05, 3.63) is 23.3 Å². The molecule has 1 heterocycles. The zero-order chi connectivity index (χ0) is 13.8. The second-order valence-electron chi connectivity index (χ2n) is 4.66. The van der Waals surface area contributed by atoms with Gasteiger partial charge in [-0.05, 0) is 32.1 Å². The van der Waals surface area contributed by atoms with E-state index in [1.165, 1.54) is 0 Å². The van der Waals surface area contributed by atoms with Crippen molar-refractivity contribution >= 4 is 5.97 Å². The molecule has 0 N–H and O–H groups in total. The molecular formula is C14H20N2O3. The van der Waals surface area contributed by atoms with Gasteiger partial charge in [0.05, 0.1) is 17.9 Å². The lowest BCUT2D eigenvalue weighted by Gasteiger charge is -2.14. The predicted octanol–water partition coefficient (Wildman–Crippen LogP) is 2.31. The van der Waals surface area contributed by atoms with Crippen LogP contribution in [0.1, 0.15) is 54.7 Å². The highest BCUT2D eigenvalue weighted by Gasteiger charge is 2.34. The molecular weight excluding hydrogens is 244 g/mol. The van der Waals surface area contributed by atoms with Gasteiger partial charge in [-0.2, -0.15) is 0 Å². The summed E-state index contributed by atoms with van der Waals surface area (Å²) in [6.45, 7) is 4.10. The summed E-state index contributed by atoms with van der Waals surface area (Å²) < 4.78 is 10.5. The fourth-order valence-electron chi connectivity index (χ4n) is 2.13. The molecule has 0 saturated heterocycles. The van der Waals surface area contributed by atoms with Crippen LogP contribution in [0, 0.1) is 5.92 Å². The standard InChI is InChI=1S/C14H20N2O3/c1-4-11-10(14(17)19-5-2)8-15-13(16-11)12(18-3)9-6-7-9/h8-9,12H,4-7H2,1-3H3. The van der Waals surface area contributed by atoms with Crippen LogP contribution in [0.5, 0.6) is 0 Å². The summed E-state index contributed by atoms with van der Waals surface area (Å²) in [6, 6.07) is 0. The fraction of sp³-hybridized carbons (Fsp3) is 0.643. The Morgan fingerprint density at radius 1 is 1.47 bits per heavy atom. The summed E-state index contributed by atoms with van der Waals surface area (Å²) in [5.41, 5.74) is 1.19. The normalized spacial score (nSPS) is 16.2. The summed E-state index contributed by atoms with van der Waals surface area (Å²) in [4.78, 5) is 20.6. The van der Waals surface area contributed by atoms with Gasteiger partial charge in [-0.15, -0.1) is 0 Å². The molecule has 1 unspecified atom stereocenters. The Bertz CT molecular complexity index is 458. The first-order valence-electron chi connectivity index (χ1n) is 6.76. The van der Waals surface area contributed by atoms with Crippen molar-refractivity contribution in [3.8, 4) is 0 Å². The first-order valence-corrected chi connectivity index (χ1v) is 6.76. The van der Waals surface area contributed by atoms with Gasteiger partial charge in [0.2, 0.25) is 0 Å². The Morgan fingerprint density at radius 3 is 2.74 bits per heavy atom. The molecule has 1 aliphatic rings. The Morgan fingerprint density at radius 2 is 2.21 bits per heavy atom. The molecule has 5 nitrogen and oxygen atoms in total. The van der Waals surface area contributed by atoms with Gasteiger partial charge in [-0.3, -0.25) is 0 Å². The van der Waals surface area contributed by atoms with Crippen LogP contribution < -0.4 is 0 Å². The maximum atomic E-state index is 11.8. The van der Waals surface area contributed by atoms with Gasteiger partial charge in [0, 0.05) is 13.3 Å². The van der Waals surface area contributed by atoms with E-state index in [0.29, 0.717) is 30.3 Å². The summed E-state index contributed by atoms with van der Waals surface area (Å²) in [5, 5.41) is 0. The van der Waals surface area contributed by atoms with E-state index in [9.17, 15) is 4.79 Å². The highest BCUT2D eigenvalue weighted by Crippen LogP contribution is 2.41. The second kappa shape index (κ2) is 6.10. The Balaban J connectivity index is 2.26. The molecule has 0 aromatic carbocycles. The number of ether oxygens (including phenoxy) is 2. The summed E-state index contributed by atoms with van der Waals surface area (Å²) in [7, 11) is 1.68. The Kier molecular flexibility index (Phi) is 4.47. The maximum absolute atomic E-state index is 11.8. The van der Waals surface area contributed by atoms with Crippen molar-refractivity contribution in [2.75, 3.05) is 13.7 Å². The average Bonchev–Trinajstić information content (AvgIpc) is 3.24. The molecule has 2 rings (SSSR count). The molecule has 1 saturated carbocycles. The molecule has 1 aliphatic carbocycles. The number of rotatable bonds is 6. The van der Waals surface area contributed by atoms with E-state index in [2.05, 4.69) is 9.97 Å². The van der Waals surface area contributed by atoms with Gasteiger partial charge in [0.25, 0.3) is 0 Å². The third kappa shape index (κ3) is 3.10. The summed E-state index contributed by atoms with van der Waals surface area (Å²) >= 11 is 0. The van der Waals surface area contributed by atoms with Crippen molar-refractivity contribution in [2.24, 2.45) is 5.92 Å². The molecule has 0 bridgehead atoms. The van der Waals surface area contributed by atoms with E-state index < -0.39 is 0 Å². The molecule has 0 radical (unpaired) electrons. The Hall–Kier alpha value is -1.49. The topological polar surface area (TPSA) is 61.3 Å². The number of esters is 1. The zero-order valence-corrected chi connectivity index (χ0v) is 11.7. The number of methoxy groups -OCH3 is 1. The lowest BCUT2D eigenvalue weighted by molar-refractivity contribution is 0.0521. The highest BCUT2D eigenvalue weighted by atomic mass is 16.5. The van der Waals surface area contributed by atoms with Crippen molar-refractivity contribution in [1.82, 2.24) is 9.97 Å². The molecule has 104 valence electrons. The predicted molar refractivity (Wildman–Crippen MR) is 69.8 cm³/mol. The summed E-state index contributed by atoms with van der Waals surface area (Å²) in [5.74, 6) is 0.837. The molecule has 1 fully saturated rings. The molecule has 0 amide bonds. The minimum Gasteiger partial charge on any atom is -0.462 e. The van der Waals surface area contributed by atoms with Gasteiger partial charge in [-0.25, -0.2) is 14.8 Å². The quantitative estimate of drug-likeness (QED) is 0.738. The van der Waals surface area contributed by atoms with E-state index in [1.807, 2.05) is 6.92 Å². The van der Waals surface area contributed by atoms with Crippen LogP contribution in [0.2, 0.25) is 0 Å². The van der Waals surface area contributed by atoms with Crippen molar-refractivity contribution in [2.45, 2.75) is 39.2 Å². The van der Waals surface area contributed by atoms with Crippen LogP contribution in [0.3, 0.4) is 0 Å². The second-order valence-corrected chi connectivity index (χ2v) is 4.66. The van der Waals surface area contributed by atoms with Crippen LogP contribution >= 0.6 is 0 Å². The van der Waals surface area contributed by atoms with Gasteiger partial charge >= 0.3 is 5.97 Å². The zero-order valence-electron chi connectivity index (χ0n) is 11.7. The molecule has 0 spiro atoms. The highest BCUT2D eigenvalue weighted by molar-refractivity contribution is 5.90. The smallest absolute Gasteiger partial charge is 0.341 e. The largest absolute Gasteiger partial charge is 0.462 e. The van der Waals surface area contributed by atoms with Crippen LogP contribution in [0.4, 0.5) is 0 Å². The van der Waals surface area contributed by atoms with E-state index in [-0.39, 0.29) is 12.1 Å². The minimum absolute atomic E-state index is 0.0541. The number of hydrogen-bond acceptors (Lipinski definition) is 5. The third-order valence-corrected chi connectivity index (χ3v) is 3.28. The van der Waals surface area contributed by atoms with Crippen molar-refractivity contribution in [1.29, 1.82) is 0 Å². The number of carbonyl (C=O) groups excluding carboxylic acids is 1. The van der Waals surface area contributed by atoms with Crippen LogP contribution in [-0.4, -0.2) is 29.7 Å². The van der Waals surface area contributed by atoms with Gasteiger partial charge in [0.15, 0.2) is 5.82 Å². The van der Waals surface area contributed by atoms with Gasteiger partial charge in [0.1, 0.15) is 6.10 Å². The van der Waals surface area contributed by atoms with Crippen molar-refractivity contribution < 1.29 is 14.3 Å². The average molecular weight is 264 g/mol. The minimum atomic E-state index is -0.355. The van der Waals surface area contributed by atoms with Crippen LogP contribution in [0.25, 0.3) is 0 Å². The molecule has 0 aliphatic heterocycles. The first-order chi connectivity index (χ1) is 9.21. The number of hydrogen-bond donors (Lipinski definition) is 0. The van der Waals surface area contributed by atoms with E-state index in [4.69, 9.17) is 9.47 Å². The number of aromatic nitrogens is 2. The maximum Gasteiger partial charge on any atom is 0.341 e. The number of nitrogens with zero attached hydrogens (tertiary/aromatic N) is 2. The van der Waals surface area contributed by atoms with E-state index in [1.54, 1.807) is 20.2 Å². The van der Waals surface area contributed by atoms with Crippen molar-refractivity contribution in [3.63, 3.8) is 0 Å². The Labute approximate surface area is 113 Å². The lowest BCUT2D eigenvalue weighted by atomic mass is 10.1. The SMILES string of the molecule is CCOC(=O)c1cnc(C(OC)C2CC2)nc1CC. The lowest BCUT2D eigenvalue weighted by Crippen LogP contribution is -2.15. The molecule has 1 atom stereocenters. The summed E-state index contributed by atoms with van der Waals surface area (Å²) in [6.07, 6.45) is 4.49. The monoisotopic (exact) mass is 264 g/mol. The molecule has 19 heavy (non-hydrogen) atoms. The molecule has 5 heteroatoms. The van der Waals surface area contributed by atoms with Gasteiger partial charge < -0.3 is 9.47 Å². The van der Waals surface area contributed by atoms with Crippen LogP contribution in [0.15, 0.2) is 6.20 Å². The van der Waals surface area contributed by atoms with E-state index >= 15 is 0 Å². The van der Waals surface area contributed by atoms with Gasteiger partial charge in [-0.1, -0.05) is 6.92 Å². The third-order valence-electron chi connectivity index (χ3n) is 3.28. The fourth-order valence-corrected chi connectivity index (χ4v) is 2.13. The number of carbonyl (C=O) groups is 1. The van der Waals surface area contributed by atoms with E-state index in [0.717, 1.165) is 18.5 Å². The molecule has 1 aromatic rings. The number of aryl methyl sites for hydroxylation is 1. The first kappa shape index (κ1) is 13.9. The van der Waals surface area contributed by atoms with Crippen LogP contribution in [-0.2, 0) is 15.9 Å².